The zero-order chi connectivity index (χ0) is 44.7. The van der Waals surface area contributed by atoms with E-state index in [2.05, 4.69) is 34.6 Å². The Morgan fingerprint density at radius 2 is 0.541 bits per heavy atom. The molecule has 0 amide bonds. The molecule has 0 saturated heterocycles. The van der Waals surface area contributed by atoms with Gasteiger partial charge in [-0.1, -0.05) is 266 Å². The lowest BCUT2D eigenvalue weighted by atomic mass is 10.0. The molecule has 6 heteroatoms. The minimum absolute atomic E-state index is 0.0633. The zero-order valence-corrected chi connectivity index (χ0v) is 41.8. The summed E-state index contributed by atoms with van der Waals surface area (Å²) in [4.78, 5) is 38.0. The zero-order valence-electron chi connectivity index (χ0n) is 41.8. The smallest absolute Gasteiger partial charge is 0.306 e. The third kappa shape index (κ3) is 49.3. The molecule has 0 bridgehead atoms. The summed E-state index contributed by atoms with van der Waals surface area (Å²) >= 11 is 0. The van der Waals surface area contributed by atoms with Crippen molar-refractivity contribution in [2.75, 3.05) is 13.2 Å². The maximum absolute atomic E-state index is 12.8. The van der Waals surface area contributed by atoms with E-state index in [0.717, 1.165) is 69.6 Å². The van der Waals surface area contributed by atoms with E-state index in [-0.39, 0.29) is 31.1 Å². The summed E-state index contributed by atoms with van der Waals surface area (Å²) in [7, 11) is 0. The standard InChI is InChI=1S/C55H106O6/c1-6-7-8-9-10-11-18-25-30-35-40-45-53(56)59-48-52(61-55(58)47-42-37-32-27-22-21-24-29-34-39-44-51(4)5)49-60-54(57)46-41-36-31-26-20-17-15-13-12-14-16-19-23-28-33-38-43-50(2)3/h50-52H,6-49H2,1-5H3/t52-/m1/s1. The molecule has 0 unspecified atom stereocenters. The summed E-state index contributed by atoms with van der Waals surface area (Å²) in [6.45, 7) is 11.4. The Balaban J connectivity index is 4.25. The second-order valence-electron chi connectivity index (χ2n) is 19.8. The van der Waals surface area contributed by atoms with Crippen LogP contribution in [-0.2, 0) is 28.6 Å². The minimum Gasteiger partial charge on any atom is -0.462 e. The van der Waals surface area contributed by atoms with Gasteiger partial charge in [-0.15, -0.1) is 0 Å². The molecule has 0 saturated carbocycles. The lowest BCUT2D eigenvalue weighted by Gasteiger charge is -2.18. The fourth-order valence-corrected chi connectivity index (χ4v) is 8.34. The number of rotatable bonds is 49. The molecule has 0 N–H and O–H groups in total. The van der Waals surface area contributed by atoms with Crippen molar-refractivity contribution < 1.29 is 28.6 Å². The average molecular weight is 863 g/mol. The Kier molecular flexibility index (Phi) is 46.6. The van der Waals surface area contributed by atoms with Gasteiger partial charge in [0.25, 0.3) is 0 Å². The van der Waals surface area contributed by atoms with Crippen LogP contribution in [0.5, 0.6) is 0 Å². The molecule has 0 aromatic heterocycles. The third-order valence-corrected chi connectivity index (χ3v) is 12.5. The van der Waals surface area contributed by atoms with Crippen LogP contribution >= 0.6 is 0 Å². The topological polar surface area (TPSA) is 78.9 Å². The molecule has 0 aliphatic carbocycles. The van der Waals surface area contributed by atoms with Gasteiger partial charge in [0.2, 0.25) is 0 Å². The molecule has 362 valence electrons. The first kappa shape index (κ1) is 59.4. The summed E-state index contributed by atoms with van der Waals surface area (Å²) in [6, 6.07) is 0. The number of carbonyl (C=O) groups is 3. The van der Waals surface area contributed by atoms with Gasteiger partial charge in [0, 0.05) is 19.3 Å². The van der Waals surface area contributed by atoms with E-state index in [0.29, 0.717) is 19.3 Å². The van der Waals surface area contributed by atoms with Crippen LogP contribution in [0.25, 0.3) is 0 Å². The summed E-state index contributed by atoms with van der Waals surface area (Å²) in [6.07, 6.45) is 49.5. The molecule has 0 fully saturated rings. The van der Waals surface area contributed by atoms with Gasteiger partial charge in [-0.05, 0) is 31.1 Å². The second kappa shape index (κ2) is 47.9. The third-order valence-electron chi connectivity index (χ3n) is 12.5. The number of ether oxygens (including phenoxy) is 3. The van der Waals surface area contributed by atoms with E-state index >= 15 is 0 Å². The summed E-state index contributed by atoms with van der Waals surface area (Å²) < 4.78 is 16.8. The van der Waals surface area contributed by atoms with E-state index in [1.54, 1.807) is 0 Å². The molecule has 61 heavy (non-hydrogen) atoms. The van der Waals surface area contributed by atoms with Gasteiger partial charge in [-0.2, -0.15) is 0 Å². The molecule has 0 aromatic carbocycles. The van der Waals surface area contributed by atoms with Gasteiger partial charge >= 0.3 is 17.9 Å². The molecule has 0 heterocycles. The number of hydrogen-bond acceptors (Lipinski definition) is 6. The predicted octanol–water partition coefficient (Wildman–Crippen LogP) is 17.7. The fraction of sp³-hybridized carbons (Fsp3) is 0.945. The highest BCUT2D eigenvalue weighted by atomic mass is 16.6. The van der Waals surface area contributed by atoms with Crippen LogP contribution in [-0.4, -0.2) is 37.2 Å². The van der Waals surface area contributed by atoms with Crippen LogP contribution < -0.4 is 0 Å². The van der Waals surface area contributed by atoms with Gasteiger partial charge in [-0.25, -0.2) is 0 Å². The van der Waals surface area contributed by atoms with Crippen molar-refractivity contribution in [3.8, 4) is 0 Å². The Morgan fingerprint density at radius 3 is 0.803 bits per heavy atom. The van der Waals surface area contributed by atoms with Crippen molar-refractivity contribution in [1.29, 1.82) is 0 Å². The molecule has 1 atom stereocenters. The molecule has 0 aliphatic rings. The van der Waals surface area contributed by atoms with Crippen molar-refractivity contribution in [3.63, 3.8) is 0 Å². The van der Waals surface area contributed by atoms with Crippen LogP contribution in [0.4, 0.5) is 0 Å². The first-order chi connectivity index (χ1) is 29.7. The first-order valence-electron chi connectivity index (χ1n) is 27.2. The molecule has 0 aromatic rings. The predicted molar refractivity (Wildman–Crippen MR) is 261 cm³/mol. The van der Waals surface area contributed by atoms with Gasteiger partial charge in [0.1, 0.15) is 13.2 Å². The van der Waals surface area contributed by atoms with Crippen LogP contribution in [0, 0.1) is 11.8 Å². The number of unbranched alkanes of at least 4 members (excludes halogenated alkanes) is 34. The maximum atomic E-state index is 12.8. The normalized spacial score (nSPS) is 12.0. The minimum atomic E-state index is -0.761. The molecule has 0 radical (unpaired) electrons. The van der Waals surface area contributed by atoms with E-state index in [9.17, 15) is 14.4 Å². The fourth-order valence-electron chi connectivity index (χ4n) is 8.34. The van der Waals surface area contributed by atoms with Gasteiger partial charge in [0.15, 0.2) is 6.10 Å². The van der Waals surface area contributed by atoms with Crippen molar-refractivity contribution in [1.82, 2.24) is 0 Å². The molecule has 0 aliphatic heterocycles. The summed E-state index contributed by atoms with van der Waals surface area (Å²) in [5.74, 6) is 0.824. The van der Waals surface area contributed by atoms with Gasteiger partial charge in [-0.3, -0.25) is 14.4 Å². The summed E-state index contributed by atoms with van der Waals surface area (Å²) in [5.41, 5.74) is 0. The van der Waals surface area contributed by atoms with Gasteiger partial charge < -0.3 is 14.2 Å². The first-order valence-corrected chi connectivity index (χ1v) is 27.2. The van der Waals surface area contributed by atoms with Crippen LogP contribution in [0.2, 0.25) is 0 Å². The molecular weight excluding hydrogens is 757 g/mol. The van der Waals surface area contributed by atoms with E-state index in [1.807, 2.05) is 0 Å². The Bertz CT molecular complexity index is 931. The van der Waals surface area contributed by atoms with Crippen molar-refractivity contribution in [2.24, 2.45) is 11.8 Å². The highest BCUT2D eigenvalue weighted by Gasteiger charge is 2.19. The van der Waals surface area contributed by atoms with Crippen LogP contribution in [0.3, 0.4) is 0 Å². The summed E-state index contributed by atoms with van der Waals surface area (Å²) in [5, 5.41) is 0. The maximum Gasteiger partial charge on any atom is 0.306 e. The lowest BCUT2D eigenvalue weighted by molar-refractivity contribution is -0.167. The van der Waals surface area contributed by atoms with Crippen molar-refractivity contribution in [3.05, 3.63) is 0 Å². The number of esters is 3. The average Bonchev–Trinajstić information content (AvgIpc) is 3.23. The molecule has 0 spiro atoms. The van der Waals surface area contributed by atoms with E-state index < -0.39 is 6.10 Å². The SMILES string of the molecule is CCCCCCCCCCCCCC(=O)OC[C@H](COC(=O)CCCCCCCCCCCCCCCCCCC(C)C)OC(=O)CCCCCCCCCCCCC(C)C. The van der Waals surface area contributed by atoms with Crippen LogP contribution in [0.1, 0.15) is 304 Å². The molecule has 6 nitrogen and oxygen atoms in total. The molecular formula is C55H106O6. The Morgan fingerprint density at radius 1 is 0.311 bits per heavy atom. The van der Waals surface area contributed by atoms with Crippen LogP contribution in [0.15, 0.2) is 0 Å². The van der Waals surface area contributed by atoms with Crippen molar-refractivity contribution in [2.45, 2.75) is 310 Å². The van der Waals surface area contributed by atoms with E-state index in [1.165, 1.54) is 193 Å². The monoisotopic (exact) mass is 863 g/mol. The Labute approximate surface area is 380 Å². The highest BCUT2D eigenvalue weighted by Crippen LogP contribution is 2.18. The highest BCUT2D eigenvalue weighted by molar-refractivity contribution is 5.71. The largest absolute Gasteiger partial charge is 0.462 e. The van der Waals surface area contributed by atoms with Gasteiger partial charge in [0.05, 0.1) is 0 Å². The van der Waals surface area contributed by atoms with E-state index in [4.69, 9.17) is 14.2 Å². The Hall–Kier alpha value is -1.59. The number of hydrogen-bond donors (Lipinski definition) is 0. The lowest BCUT2D eigenvalue weighted by Crippen LogP contribution is -2.30. The molecule has 0 rings (SSSR count). The number of carbonyl (C=O) groups excluding carboxylic acids is 3. The quantitative estimate of drug-likeness (QED) is 0.0344. The second-order valence-corrected chi connectivity index (χ2v) is 19.8. The van der Waals surface area contributed by atoms with Crippen molar-refractivity contribution >= 4 is 17.9 Å².